The van der Waals surface area contributed by atoms with Gasteiger partial charge in [-0.2, -0.15) is 0 Å². The lowest BCUT2D eigenvalue weighted by Gasteiger charge is -2.24. The Morgan fingerprint density at radius 1 is 1.46 bits per heavy atom. The minimum Gasteiger partial charge on any atom is -0.383 e. The van der Waals surface area contributed by atoms with Crippen molar-refractivity contribution in [3.8, 4) is 0 Å². The van der Waals surface area contributed by atoms with Crippen LogP contribution in [0.5, 0.6) is 0 Å². The fourth-order valence-corrected chi connectivity index (χ4v) is 0.994. The Morgan fingerprint density at radius 2 is 2.00 bits per heavy atom. The van der Waals surface area contributed by atoms with Crippen LogP contribution in [0.3, 0.4) is 0 Å². The van der Waals surface area contributed by atoms with Gasteiger partial charge in [0.15, 0.2) is 5.82 Å². The highest BCUT2D eigenvalue weighted by molar-refractivity contribution is 5.02. The molecule has 0 saturated heterocycles. The summed E-state index contributed by atoms with van der Waals surface area (Å²) in [6.45, 7) is 5.33. The van der Waals surface area contributed by atoms with Gasteiger partial charge in [-0.1, -0.05) is 0 Å². The molecule has 13 heavy (non-hydrogen) atoms. The molecule has 1 aromatic rings. The van der Waals surface area contributed by atoms with Crippen molar-refractivity contribution in [1.29, 1.82) is 0 Å². The molecule has 0 bridgehead atoms. The van der Waals surface area contributed by atoms with Crippen molar-refractivity contribution in [1.82, 2.24) is 14.8 Å². The molecule has 1 heterocycles. The number of aliphatic hydroxyl groups is 1. The maximum Gasteiger partial charge on any atom is 0.163 e. The first kappa shape index (κ1) is 10.1. The number of aryl methyl sites for hydroxylation is 1. The number of nitrogens with two attached hydrogens (primary N) is 1. The standard InChI is InChI=1S/C8H16N4O/c1-5-10-11-7(12(5)4)6(13)8(2,3)9/h6,13H,9H2,1-4H3. The molecule has 0 saturated carbocycles. The maximum absolute atomic E-state index is 9.80. The average Bonchev–Trinajstić information content (AvgIpc) is 2.30. The van der Waals surface area contributed by atoms with E-state index in [0.29, 0.717) is 5.82 Å². The molecule has 5 nitrogen and oxygen atoms in total. The van der Waals surface area contributed by atoms with Gasteiger partial charge < -0.3 is 15.4 Å². The molecule has 3 N–H and O–H groups in total. The van der Waals surface area contributed by atoms with Crippen molar-refractivity contribution in [2.45, 2.75) is 32.4 Å². The second-order valence-corrected chi connectivity index (χ2v) is 3.89. The molecule has 0 aliphatic carbocycles. The number of hydrogen-bond acceptors (Lipinski definition) is 4. The monoisotopic (exact) mass is 184 g/mol. The summed E-state index contributed by atoms with van der Waals surface area (Å²) in [4.78, 5) is 0. The predicted octanol–water partition coefficient (Wildman–Crippen LogP) is -0.106. The summed E-state index contributed by atoms with van der Waals surface area (Å²) in [5.74, 6) is 1.27. The summed E-state index contributed by atoms with van der Waals surface area (Å²) in [5.41, 5.74) is 5.06. The van der Waals surface area contributed by atoms with E-state index in [1.807, 2.05) is 6.92 Å². The SMILES string of the molecule is Cc1nnc(C(O)C(C)(C)N)n1C. The van der Waals surface area contributed by atoms with Crippen molar-refractivity contribution >= 4 is 0 Å². The lowest BCUT2D eigenvalue weighted by atomic mass is 9.98. The Morgan fingerprint density at radius 3 is 2.31 bits per heavy atom. The van der Waals surface area contributed by atoms with Gasteiger partial charge in [0, 0.05) is 12.6 Å². The van der Waals surface area contributed by atoms with E-state index < -0.39 is 11.6 Å². The summed E-state index contributed by atoms with van der Waals surface area (Å²) in [7, 11) is 1.81. The fourth-order valence-electron chi connectivity index (χ4n) is 0.994. The van der Waals surface area contributed by atoms with Gasteiger partial charge in [0.2, 0.25) is 0 Å². The highest BCUT2D eigenvalue weighted by Crippen LogP contribution is 2.21. The third-order valence-corrected chi connectivity index (χ3v) is 2.08. The minimum atomic E-state index is -0.793. The zero-order chi connectivity index (χ0) is 10.2. The quantitative estimate of drug-likeness (QED) is 0.672. The van der Waals surface area contributed by atoms with Gasteiger partial charge in [-0.3, -0.25) is 0 Å². The van der Waals surface area contributed by atoms with E-state index >= 15 is 0 Å². The molecule has 0 aromatic carbocycles. The molecule has 0 radical (unpaired) electrons. The van der Waals surface area contributed by atoms with Gasteiger partial charge in [0.05, 0.1) is 0 Å². The normalized spacial score (nSPS) is 14.6. The Bertz CT molecular complexity index is 300. The van der Waals surface area contributed by atoms with E-state index in [0.717, 1.165) is 5.82 Å². The van der Waals surface area contributed by atoms with Crippen LogP contribution in [-0.4, -0.2) is 25.4 Å². The highest BCUT2D eigenvalue weighted by Gasteiger charge is 2.28. The summed E-state index contributed by atoms with van der Waals surface area (Å²) in [5, 5.41) is 17.5. The van der Waals surface area contributed by atoms with Crippen LogP contribution in [0.4, 0.5) is 0 Å². The largest absolute Gasteiger partial charge is 0.383 e. The second-order valence-electron chi connectivity index (χ2n) is 3.89. The molecular formula is C8H16N4O. The number of nitrogens with zero attached hydrogens (tertiary/aromatic N) is 3. The van der Waals surface area contributed by atoms with Crippen molar-refractivity contribution in [2.24, 2.45) is 12.8 Å². The number of aromatic nitrogens is 3. The number of aliphatic hydroxyl groups excluding tert-OH is 1. The zero-order valence-electron chi connectivity index (χ0n) is 8.44. The van der Waals surface area contributed by atoms with E-state index in [9.17, 15) is 5.11 Å². The van der Waals surface area contributed by atoms with E-state index in [4.69, 9.17) is 5.73 Å². The van der Waals surface area contributed by atoms with Crippen molar-refractivity contribution in [3.05, 3.63) is 11.6 Å². The third-order valence-electron chi connectivity index (χ3n) is 2.08. The summed E-state index contributed by atoms with van der Waals surface area (Å²) < 4.78 is 1.74. The molecule has 0 aliphatic heterocycles. The molecule has 0 fully saturated rings. The van der Waals surface area contributed by atoms with Crippen LogP contribution in [0.15, 0.2) is 0 Å². The Hall–Kier alpha value is -0.940. The van der Waals surface area contributed by atoms with E-state index in [1.54, 1.807) is 25.5 Å². The molecular weight excluding hydrogens is 168 g/mol. The summed E-state index contributed by atoms with van der Waals surface area (Å²) in [6.07, 6.45) is -0.793. The highest BCUT2D eigenvalue weighted by atomic mass is 16.3. The molecule has 74 valence electrons. The molecule has 1 unspecified atom stereocenters. The van der Waals surface area contributed by atoms with Crippen LogP contribution in [-0.2, 0) is 7.05 Å². The molecule has 0 spiro atoms. The smallest absolute Gasteiger partial charge is 0.163 e. The maximum atomic E-state index is 9.80. The van der Waals surface area contributed by atoms with Crippen molar-refractivity contribution in [3.63, 3.8) is 0 Å². The topological polar surface area (TPSA) is 77.0 Å². The van der Waals surface area contributed by atoms with Crippen LogP contribution in [0.2, 0.25) is 0 Å². The lowest BCUT2D eigenvalue weighted by molar-refractivity contribution is 0.0928. The molecule has 0 aliphatic rings. The van der Waals surface area contributed by atoms with E-state index in [-0.39, 0.29) is 0 Å². The Balaban J connectivity index is 3.02. The van der Waals surface area contributed by atoms with Crippen molar-refractivity contribution in [2.75, 3.05) is 0 Å². The Labute approximate surface area is 77.6 Å². The third kappa shape index (κ3) is 1.87. The zero-order valence-corrected chi connectivity index (χ0v) is 8.44. The Kier molecular flexibility index (Phi) is 2.40. The number of rotatable bonds is 2. The molecule has 1 rings (SSSR count). The number of hydrogen-bond donors (Lipinski definition) is 2. The van der Waals surface area contributed by atoms with Crippen LogP contribution in [0.1, 0.15) is 31.6 Å². The first-order valence-electron chi connectivity index (χ1n) is 4.17. The van der Waals surface area contributed by atoms with Gasteiger partial charge in [0.25, 0.3) is 0 Å². The first-order chi connectivity index (χ1) is 5.84. The van der Waals surface area contributed by atoms with Gasteiger partial charge in [-0.25, -0.2) is 0 Å². The molecule has 5 heteroatoms. The first-order valence-corrected chi connectivity index (χ1v) is 4.17. The molecule has 0 amide bonds. The molecule has 1 atom stereocenters. The summed E-state index contributed by atoms with van der Waals surface area (Å²) in [6, 6.07) is 0. The van der Waals surface area contributed by atoms with Gasteiger partial charge in [0.1, 0.15) is 11.9 Å². The van der Waals surface area contributed by atoms with Crippen molar-refractivity contribution < 1.29 is 5.11 Å². The average molecular weight is 184 g/mol. The second kappa shape index (κ2) is 3.08. The summed E-state index contributed by atoms with van der Waals surface area (Å²) >= 11 is 0. The minimum absolute atomic E-state index is 0.505. The van der Waals surface area contributed by atoms with E-state index in [1.165, 1.54) is 0 Å². The molecule has 1 aromatic heterocycles. The van der Waals surface area contributed by atoms with Crippen LogP contribution in [0.25, 0.3) is 0 Å². The van der Waals surface area contributed by atoms with Crippen LogP contribution in [0, 0.1) is 6.92 Å². The van der Waals surface area contributed by atoms with E-state index in [2.05, 4.69) is 10.2 Å². The van der Waals surface area contributed by atoms with Crippen LogP contribution >= 0.6 is 0 Å². The predicted molar refractivity (Wildman–Crippen MR) is 49.0 cm³/mol. The lowest BCUT2D eigenvalue weighted by Crippen LogP contribution is -2.40. The van der Waals surface area contributed by atoms with Gasteiger partial charge in [-0.15, -0.1) is 10.2 Å². The van der Waals surface area contributed by atoms with Gasteiger partial charge in [-0.05, 0) is 20.8 Å². The van der Waals surface area contributed by atoms with Gasteiger partial charge >= 0.3 is 0 Å². The van der Waals surface area contributed by atoms with Crippen LogP contribution < -0.4 is 5.73 Å². The fraction of sp³-hybridized carbons (Fsp3) is 0.750.